The van der Waals surface area contributed by atoms with Crippen LogP contribution in [0.25, 0.3) is 0 Å². The van der Waals surface area contributed by atoms with E-state index in [-0.39, 0.29) is 18.9 Å². The SMILES string of the molecule is CN1CC(C(=O)NCc2cccc(Oc3ccc(F)cc3)c2)C(=O)C1=O. The summed E-state index contributed by atoms with van der Waals surface area (Å²) in [6.07, 6.45) is 0. The smallest absolute Gasteiger partial charge is 0.290 e. The highest BCUT2D eigenvalue weighted by molar-refractivity contribution is 6.42. The Labute approximate surface area is 149 Å². The lowest BCUT2D eigenvalue weighted by atomic mass is 10.1. The summed E-state index contributed by atoms with van der Waals surface area (Å²) in [4.78, 5) is 36.6. The first-order valence-electron chi connectivity index (χ1n) is 8.03. The zero-order chi connectivity index (χ0) is 18.7. The molecule has 1 N–H and O–H groups in total. The average Bonchev–Trinajstić information content (AvgIpc) is 2.89. The molecule has 1 fully saturated rings. The molecule has 6 nitrogen and oxygen atoms in total. The van der Waals surface area contributed by atoms with E-state index in [0.717, 1.165) is 5.56 Å². The van der Waals surface area contributed by atoms with Gasteiger partial charge in [-0.15, -0.1) is 0 Å². The highest BCUT2D eigenvalue weighted by Gasteiger charge is 2.41. The van der Waals surface area contributed by atoms with Crippen LogP contribution in [0.4, 0.5) is 4.39 Å². The number of nitrogens with zero attached hydrogens (tertiary/aromatic N) is 1. The largest absolute Gasteiger partial charge is 0.457 e. The van der Waals surface area contributed by atoms with Crippen LogP contribution in [0.5, 0.6) is 11.5 Å². The molecule has 0 spiro atoms. The molecule has 1 heterocycles. The van der Waals surface area contributed by atoms with Crippen LogP contribution in [0.15, 0.2) is 48.5 Å². The summed E-state index contributed by atoms with van der Waals surface area (Å²) in [5.74, 6) is -2.08. The second-order valence-electron chi connectivity index (χ2n) is 6.02. The van der Waals surface area contributed by atoms with Gasteiger partial charge in [0.1, 0.15) is 23.2 Å². The monoisotopic (exact) mass is 356 g/mol. The van der Waals surface area contributed by atoms with Crippen LogP contribution in [-0.2, 0) is 20.9 Å². The Kier molecular flexibility index (Phi) is 4.97. The molecule has 2 amide bonds. The number of likely N-dealkylation sites (tertiary alicyclic amines) is 1. The van der Waals surface area contributed by atoms with Gasteiger partial charge in [-0.25, -0.2) is 4.39 Å². The van der Waals surface area contributed by atoms with Crippen molar-refractivity contribution in [2.45, 2.75) is 6.54 Å². The number of benzene rings is 2. The van der Waals surface area contributed by atoms with Crippen molar-refractivity contribution in [1.29, 1.82) is 0 Å². The molecule has 26 heavy (non-hydrogen) atoms. The predicted molar refractivity (Wildman–Crippen MR) is 90.9 cm³/mol. The molecule has 1 atom stereocenters. The third kappa shape index (κ3) is 3.88. The van der Waals surface area contributed by atoms with Crippen LogP contribution in [-0.4, -0.2) is 36.1 Å². The van der Waals surface area contributed by atoms with E-state index in [9.17, 15) is 18.8 Å². The number of ether oxygens (including phenoxy) is 1. The van der Waals surface area contributed by atoms with Gasteiger partial charge in [0.25, 0.3) is 5.91 Å². The van der Waals surface area contributed by atoms with Crippen molar-refractivity contribution in [3.05, 3.63) is 59.9 Å². The Morgan fingerprint density at radius 1 is 1.19 bits per heavy atom. The highest BCUT2D eigenvalue weighted by Crippen LogP contribution is 2.22. The number of rotatable bonds is 5. The molecule has 1 saturated heterocycles. The lowest BCUT2D eigenvalue weighted by molar-refractivity contribution is -0.142. The zero-order valence-corrected chi connectivity index (χ0v) is 14.1. The standard InChI is InChI=1S/C19H17FN2O4/c1-22-11-16(17(23)19(22)25)18(24)21-10-12-3-2-4-15(9-12)26-14-7-5-13(20)6-8-14/h2-9,16H,10-11H2,1H3,(H,21,24). The van der Waals surface area contributed by atoms with Crippen LogP contribution in [0.1, 0.15) is 5.56 Å². The van der Waals surface area contributed by atoms with Gasteiger partial charge < -0.3 is 15.0 Å². The van der Waals surface area contributed by atoms with Gasteiger partial charge in [-0.2, -0.15) is 0 Å². The van der Waals surface area contributed by atoms with Gasteiger partial charge in [-0.05, 0) is 42.0 Å². The van der Waals surface area contributed by atoms with E-state index < -0.39 is 23.5 Å². The van der Waals surface area contributed by atoms with Crippen LogP contribution >= 0.6 is 0 Å². The quantitative estimate of drug-likeness (QED) is 0.656. The molecule has 3 rings (SSSR count). The summed E-state index contributed by atoms with van der Waals surface area (Å²) in [6.45, 7) is 0.290. The number of likely N-dealkylation sites (N-methyl/N-ethyl adjacent to an activating group) is 1. The van der Waals surface area contributed by atoms with E-state index >= 15 is 0 Å². The number of halogens is 1. The number of amides is 2. The zero-order valence-electron chi connectivity index (χ0n) is 14.1. The van der Waals surface area contributed by atoms with E-state index in [1.165, 1.54) is 36.2 Å². The topological polar surface area (TPSA) is 75.7 Å². The molecule has 1 aliphatic heterocycles. The number of nitrogens with one attached hydrogen (secondary N) is 1. The molecular weight excluding hydrogens is 339 g/mol. The van der Waals surface area contributed by atoms with Gasteiger partial charge in [-0.1, -0.05) is 12.1 Å². The molecular formula is C19H17FN2O4. The van der Waals surface area contributed by atoms with Gasteiger partial charge in [0.15, 0.2) is 0 Å². The van der Waals surface area contributed by atoms with Crippen LogP contribution in [0.3, 0.4) is 0 Å². The maximum atomic E-state index is 12.9. The van der Waals surface area contributed by atoms with Crippen LogP contribution in [0, 0.1) is 11.7 Å². The molecule has 134 valence electrons. The van der Waals surface area contributed by atoms with Crippen molar-refractivity contribution in [1.82, 2.24) is 10.2 Å². The van der Waals surface area contributed by atoms with E-state index in [0.29, 0.717) is 11.5 Å². The van der Waals surface area contributed by atoms with Gasteiger partial charge in [0.2, 0.25) is 11.7 Å². The van der Waals surface area contributed by atoms with Crippen molar-refractivity contribution >= 4 is 17.6 Å². The molecule has 1 unspecified atom stereocenters. The maximum absolute atomic E-state index is 12.9. The van der Waals surface area contributed by atoms with Gasteiger partial charge >= 0.3 is 0 Å². The third-order valence-corrected chi connectivity index (χ3v) is 4.06. The average molecular weight is 356 g/mol. The fourth-order valence-corrected chi connectivity index (χ4v) is 2.65. The fraction of sp³-hybridized carbons (Fsp3) is 0.211. The summed E-state index contributed by atoms with van der Waals surface area (Å²) in [5.41, 5.74) is 0.767. The first kappa shape index (κ1) is 17.6. The Morgan fingerprint density at radius 2 is 1.92 bits per heavy atom. The fourth-order valence-electron chi connectivity index (χ4n) is 2.65. The summed E-state index contributed by atoms with van der Waals surface area (Å²) >= 11 is 0. The molecule has 1 aliphatic rings. The molecule has 2 aromatic rings. The molecule has 0 bridgehead atoms. The Bertz CT molecular complexity index is 851. The molecule has 0 radical (unpaired) electrons. The minimum absolute atomic E-state index is 0.0945. The normalized spacial score (nSPS) is 16.7. The summed E-state index contributed by atoms with van der Waals surface area (Å²) in [7, 11) is 1.49. The minimum Gasteiger partial charge on any atom is -0.457 e. The maximum Gasteiger partial charge on any atom is 0.290 e. The predicted octanol–water partition coefficient (Wildman–Crippen LogP) is 1.89. The molecule has 0 aliphatic carbocycles. The number of ketones is 1. The Morgan fingerprint density at radius 3 is 2.58 bits per heavy atom. The minimum atomic E-state index is -0.967. The van der Waals surface area contributed by atoms with Crippen LogP contribution in [0.2, 0.25) is 0 Å². The van der Waals surface area contributed by atoms with Gasteiger partial charge in [-0.3, -0.25) is 14.4 Å². The van der Waals surface area contributed by atoms with E-state index in [1.54, 1.807) is 24.3 Å². The number of Topliss-reactive ketones (excluding diaryl/α,β-unsaturated/α-hetero) is 1. The second kappa shape index (κ2) is 7.35. The van der Waals surface area contributed by atoms with Crippen molar-refractivity contribution in [2.75, 3.05) is 13.6 Å². The van der Waals surface area contributed by atoms with E-state index in [1.807, 2.05) is 0 Å². The first-order valence-corrected chi connectivity index (χ1v) is 8.03. The molecule has 0 saturated carbocycles. The van der Waals surface area contributed by atoms with Crippen LogP contribution < -0.4 is 10.1 Å². The molecule has 2 aromatic carbocycles. The highest BCUT2D eigenvalue weighted by atomic mass is 19.1. The van der Waals surface area contributed by atoms with E-state index in [4.69, 9.17) is 4.74 Å². The molecule has 0 aromatic heterocycles. The number of hydrogen-bond donors (Lipinski definition) is 1. The van der Waals surface area contributed by atoms with Gasteiger partial charge in [0.05, 0.1) is 0 Å². The Hall–Kier alpha value is -3.22. The van der Waals surface area contributed by atoms with Gasteiger partial charge in [0, 0.05) is 20.1 Å². The lowest BCUT2D eigenvalue weighted by Crippen LogP contribution is -2.35. The summed E-state index contributed by atoms with van der Waals surface area (Å²) < 4.78 is 18.6. The van der Waals surface area contributed by atoms with Crippen molar-refractivity contribution < 1.29 is 23.5 Å². The number of hydrogen-bond acceptors (Lipinski definition) is 4. The van der Waals surface area contributed by atoms with E-state index in [2.05, 4.69) is 5.32 Å². The Balaban J connectivity index is 1.60. The lowest BCUT2D eigenvalue weighted by Gasteiger charge is -2.11. The molecule has 7 heteroatoms. The first-order chi connectivity index (χ1) is 12.4. The second-order valence-corrected chi connectivity index (χ2v) is 6.02. The number of carbonyl (C=O) groups excluding carboxylic acids is 3. The van der Waals surface area contributed by atoms with Crippen molar-refractivity contribution in [3.8, 4) is 11.5 Å². The van der Waals surface area contributed by atoms with Crippen molar-refractivity contribution in [3.63, 3.8) is 0 Å². The summed E-state index contributed by atoms with van der Waals surface area (Å²) in [6, 6.07) is 12.7. The summed E-state index contributed by atoms with van der Waals surface area (Å²) in [5, 5.41) is 2.67. The van der Waals surface area contributed by atoms with Crippen molar-refractivity contribution in [2.24, 2.45) is 5.92 Å². The third-order valence-electron chi connectivity index (χ3n) is 4.06. The number of carbonyl (C=O) groups is 3.